The second-order valence-corrected chi connectivity index (χ2v) is 19.6. The molecule has 0 radical (unpaired) electrons. The molecule has 1 spiro atoms. The van der Waals surface area contributed by atoms with Gasteiger partial charge in [0.1, 0.15) is 5.58 Å². The van der Waals surface area contributed by atoms with E-state index in [4.69, 9.17) is 4.42 Å². The van der Waals surface area contributed by atoms with Crippen molar-refractivity contribution in [3.8, 4) is 39.1 Å². The fraction of sp³-hybridized carbons (Fsp3) is 0.143. The fourth-order valence-corrected chi connectivity index (χ4v) is 14.2. The lowest BCUT2D eigenvalue weighted by atomic mass is 9.59. The fourth-order valence-electron chi connectivity index (χ4n) is 14.2. The zero-order valence-corrected chi connectivity index (χ0v) is 36.6. The van der Waals surface area contributed by atoms with E-state index in [1.165, 1.54) is 81.0 Å². The standard InChI is InChI=1S/C63H46N2O/c1-2-13-41(14-3-1)47-15-4-8-20-57(47)64(60-23-12-19-52-51-18-7-11-24-61(51)66-62(52)60)45-28-25-40(26-29-45)42-27-32-54-53(37-42)48-31-30-46(38-56(48)63(54)44-34-39-33-43(36-44)55(63)35-39)65-58-21-9-5-16-49(58)50-17-6-10-22-59(50)65/h1-32,37-39,43-44,55H,33-36H2. The van der Waals surface area contributed by atoms with Crippen LogP contribution in [0, 0.1) is 23.7 Å². The summed E-state index contributed by atoms with van der Waals surface area (Å²) in [7, 11) is 0. The number of hydrogen-bond acceptors (Lipinski definition) is 2. The van der Waals surface area contributed by atoms with Gasteiger partial charge in [0.25, 0.3) is 0 Å². The lowest BCUT2D eigenvalue weighted by Gasteiger charge is -2.44. The first-order valence-electron chi connectivity index (χ1n) is 23.9. The Bertz CT molecular complexity index is 3710. The summed E-state index contributed by atoms with van der Waals surface area (Å²) < 4.78 is 9.24. The van der Waals surface area contributed by atoms with Gasteiger partial charge in [0, 0.05) is 43.9 Å². The van der Waals surface area contributed by atoms with Crippen LogP contribution in [0.4, 0.5) is 17.1 Å². The van der Waals surface area contributed by atoms with Crippen LogP contribution >= 0.6 is 0 Å². The molecule has 3 heteroatoms. The lowest BCUT2D eigenvalue weighted by molar-refractivity contribution is 0.191. The minimum Gasteiger partial charge on any atom is -0.454 e. The molecule has 4 bridgehead atoms. The quantitative estimate of drug-likeness (QED) is 0.166. The molecule has 5 unspecified atom stereocenters. The summed E-state index contributed by atoms with van der Waals surface area (Å²) in [5, 5.41) is 4.87. The Balaban J connectivity index is 0.878. The topological polar surface area (TPSA) is 21.3 Å². The number of benzene rings is 9. The molecule has 5 aliphatic carbocycles. The Kier molecular flexibility index (Phi) is 7.62. The average Bonchev–Trinajstić information content (AvgIpc) is 4.14. The maximum Gasteiger partial charge on any atom is 0.159 e. The molecule has 4 saturated carbocycles. The zero-order chi connectivity index (χ0) is 43.1. The number of hydrogen-bond donors (Lipinski definition) is 0. The van der Waals surface area contributed by atoms with Gasteiger partial charge in [0.05, 0.1) is 22.4 Å². The van der Waals surface area contributed by atoms with Crippen molar-refractivity contribution in [2.45, 2.75) is 31.1 Å². The van der Waals surface area contributed by atoms with Crippen LogP contribution in [0.3, 0.4) is 0 Å². The van der Waals surface area contributed by atoms with Crippen LogP contribution < -0.4 is 4.90 Å². The summed E-state index contributed by atoms with van der Waals surface area (Å²) in [5.41, 5.74) is 19.7. The first-order valence-corrected chi connectivity index (χ1v) is 23.9. The van der Waals surface area contributed by atoms with E-state index in [0.717, 1.165) is 56.4 Å². The van der Waals surface area contributed by atoms with Gasteiger partial charge in [-0.1, -0.05) is 146 Å². The van der Waals surface area contributed by atoms with Crippen LogP contribution in [0.2, 0.25) is 0 Å². The van der Waals surface area contributed by atoms with Crippen LogP contribution in [-0.4, -0.2) is 4.57 Å². The number of anilines is 3. The highest BCUT2D eigenvalue weighted by Crippen LogP contribution is 2.73. The normalized spacial score (nSPS) is 21.2. The van der Waals surface area contributed by atoms with Gasteiger partial charge < -0.3 is 13.9 Å². The van der Waals surface area contributed by atoms with E-state index in [-0.39, 0.29) is 5.41 Å². The van der Waals surface area contributed by atoms with Gasteiger partial charge in [-0.25, -0.2) is 0 Å². The van der Waals surface area contributed by atoms with Crippen LogP contribution in [0.5, 0.6) is 0 Å². The Labute approximate surface area is 384 Å². The van der Waals surface area contributed by atoms with E-state index in [1.807, 2.05) is 0 Å². The van der Waals surface area contributed by atoms with Crippen molar-refractivity contribution in [3.63, 3.8) is 0 Å². The first-order chi connectivity index (χ1) is 32.7. The Morgan fingerprint density at radius 3 is 1.97 bits per heavy atom. The van der Waals surface area contributed by atoms with Crippen molar-refractivity contribution in [3.05, 3.63) is 217 Å². The highest BCUT2D eigenvalue weighted by Gasteiger charge is 2.66. The van der Waals surface area contributed by atoms with Crippen molar-refractivity contribution in [2.24, 2.45) is 23.7 Å². The van der Waals surface area contributed by atoms with Gasteiger partial charge >= 0.3 is 0 Å². The highest BCUT2D eigenvalue weighted by molar-refractivity contribution is 6.11. The maximum absolute atomic E-state index is 6.72. The Morgan fingerprint density at radius 2 is 1.15 bits per heavy atom. The van der Waals surface area contributed by atoms with Gasteiger partial charge in [-0.2, -0.15) is 0 Å². The molecule has 0 saturated heterocycles. The SMILES string of the molecule is c1ccc(-c2ccccc2N(c2ccc(-c3ccc4c(c3)-c3ccc(-n5c6ccccc6c6ccccc65)cc3C43C4CC5CC(C4)C3C5)cc2)c2cccc3c2oc2ccccc23)cc1. The molecule has 314 valence electrons. The largest absolute Gasteiger partial charge is 0.454 e. The number of aromatic nitrogens is 1. The van der Waals surface area contributed by atoms with E-state index in [0.29, 0.717) is 11.8 Å². The summed E-state index contributed by atoms with van der Waals surface area (Å²) in [6.07, 6.45) is 5.52. The second-order valence-electron chi connectivity index (χ2n) is 19.6. The number of nitrogens with zero attached hydrogens (tertiary/aromatic N) is 2. The van der Waals surface area contributed by atoms with Crippen molar-refractivity contribution in [1.29, 1.82) is 0 Å². The minimum atomic E-state index is 0.0732. The zero-order valence-electron chi connectivity index (χ0n) is 36.6. The molecule has 2 heterocycles. The molecular formula is C63H46N2O. The van der Waals surface area contributed by atoms with Gasteiger partial charge in [0.15, 0.2) is 5.58 Å². The molecule has 5 aliphatic rings. The third kappa shape index (κ3) is 4.98. The van der Waals surface area contributed by atoms with E-state index >= 15 is 0 Å². The van der Waals surface area contributed by atoms with Crippen LogP contribution in [-0.2, 0) is 5.41 Å². The van der Waals surface area contributed by atoms with Gasteiger partial charge in [-0.15, -0.1) is 0 Å². The van der Waals surface area contributed by atoms with E-state index < -0.39 is 0 Å². The van der Waals surface area contributed by atoms with Crippen molar-refractivity contribution >= 4 is 60.8 Å². The number of rotatable bonds is 6. The first kappa shape index (κ1) is 36.7. The Hall–Kier alpha value is -7.62. The average molecular weight is 847 g/mol. The summed E-state index contributed by atoms with van der Waals surface area (Å²) in [5.74, 6) is 3.13. The van der Waals surface area contributed by atoms with Crippen LogP contribution in [0.15, 0.2) is 211 Å². The smallest absolute Gasteiger partial charge is 0.159 e. The van der Waals surface area contributed by atoms with Crippen molar-refractivity contribution < 1.29 is 4.42 Å². The maximum atomic E-state index is 6.72. The molecule has 5 atom stereocenters. The predicted octanol–water partition coefficient (Wildman–Crippen LogP) is 16.8. The van der Waals surface area contributed by atoms with Crippen molar-refractivity contribution in [1.82, 2.24) is 4.57 Å². The molecule has 3 nitrogen and oxygen atoms in total. The van der Waals surface area contributed by atoms with E-state index in [9.17, 15) is 0 Å². The molecule has 66 heavy (non-hydrogen) atoms. The number of furan rings is 1. The van der Waals surface area contributed by atoms with Crippen molar-refractivity contribution in [2.75, 3.05) is 4.90 Å². The monoisotopic (exact) mass is 846 g/mol. The van der Waals surface area contributed by atoms with Crippen LogP contribution in [0.1, 0.15) is 36.8 Å². The summed E-state index contributed by atoms with van der Waals surface area (Å²) in [4.78, 5) is 2.39. The molecule has 0 amide bonds. The number of para-hydroxylation sites is 5. The second kappa shape index (κ2) is 13.7. The van der Waals surface area contributed by atoms with Gasteiger partial charge in [-0.05, 0) is 149 Å². The molecule has 4 fully saturated rings. The summed E-state index contributed by atoms with van der Waals surface area (Å²) in [6.45, 7) is 0. The molecule has 2 aromatic heterocycles. The highest BCUT2D eigenvalue weighted by atomic mass is 16.3. The molecule has 9 aromatic carbocycles. The number of fused-ring (bicyclic) bond motifs is 9. The molecule has 0 N–H and O–H groups in total. The summed E-state index contributed by atoms with van der Waals surface area (Å²) >= 11 is 0. The van der Waals surface area contributed by atoms with E-state index in [2.05, 4.69) is 216 Å². The third-order valence-electron chi connectivity index (χ3n) is 16.6. The minimum absolute atomic E-state index is 0.0732. The molecule has 16 rings (SSSR count). The third-order valence-corrected chi connectivity index (χ3v) is 16.6. The van der Waals surface area contributed by atoms with Crippen LogP contribution in [0.25, 0.3) is 82.8 Å². The molecule has 0 aliphatic heterocycles. The predicted molar refractivity (Wildman–Crippen MR) is 272 cm³/mol. The lowest BCUT2D eigenvalue weighted by Crippen LogP contribution is -2.40. The van der Waals surface area contributed by atoms with Gasteiger partial charge in [0.2, 0.25) is 0 Å². The van der Waals surface area contributed by atoms with E-state index in [1.54, 1.807) is 11.1 Å². The van der Waals surface area contributed by atoms with Gasteiger partial charge in [-0.3, -0.25) is 0 Å². The molecular weight excluding hydrogens is 801 g/mol. The molecule has 11 aromatic rings. The Morgan fingerprint density at radius 1 is 0.455 bits per heavy atom. The summed E-state index contributed by atoms with van der Waals surface area (Å²) in [6, 6.07) is 76.5.